The summed E-state index contributed by atoms with van der Waals surface area (Å²) in [5.41, 5.74) is -0.107. The minimum atomic E-state index is -0.584. The molecule has 0 aromatic rings. The van der Waals surface area contributed by atoms with E-state index in [1.807, 2.05) is 13.8 Å². The first-order chi connectivity index (χ1) is 8.26. The third-order valence-corrected chi connectivity index (χ3v) is 4.31. The van der Waals surface area contributed by atoms with E-state index >= 15 is 0 Å². The van der Waals surface area contributed by atoms with E-state index in [0.29, 0.717) is 23.3 Å². The Morgan fingerprint density at radius 1 is 1.33 bits per heavy atom. The first kappa shape index (κ1) is 13.6. The van der Waals surface area contributed by atoms with E-state index in [-0.39, 0.29) is 12.1 Å². The zero-order valence-electron chi connectivity index (χ0n) is 11.6. The van der Waals surface area contributed by atoms with Crippen LogP contribution in [0.5, 0.6) is 0 Å². The molecule has 3 heteroatoms. The second-order valence-electron chi connectivity index (χ2n) is 6.73. The van der Waals surface area contributed by atoms with Crippen molar-refractivity contribution in [3.8, 4) is 0 Å². The monoisotopic (exact) mass is 252 g/mol. The van der Waals surface area contributed by atoms with Crippen molar-refractivity contribution in [3.05, 3.63) is 12.2 Å². The Bertz CT molecular complexity index is 353. The van der Waals surface area contributed by atoms with Gasteiger partial charge < -0.3 is 9.84 Å². The van der Waals surface area contributed by atoms with E-state index in [2.05, 4.69) is 6.58 Å². The summed E-state index contributed by atoms with van der Waals surface area (Å²) in [5, 5.41) is 9.89. The molecule has 2 bridgehead atoms. The molecular weight excluding hydrogens is 228 g/mol. The lowest BCUT2D eigenvalue weighted by Gasteiger charge is -2.31. The highest BCUT2D eigenvalue weighted by atomic mass is 16.5. The minimum absolute atomic E-state index is 0.0808. The lowest BCUT2D eigenvalue weighted by molar-refractivity contribution is -0.147. The van der Waals surface area contributed by atoms with Crippen LogP contribution in [0.1, 0.15) is 46.5 Å². The van der Waals surface area contributed by atoms with Gasteiger partial charge in [0, 0.05) is 5.57 Å². The Labute approximate surface area is 109 Å². The molecular formula is C15H24O3. The zero-order valence-corrected chi connectivity index (χ0v) is 11.6. The highest BCUT2D eigenvalue weighted by molar-refractivity contribution is 5.87. The molecule has 4 unspecified atom stereocenters. The summed E-state index contributed by atoms with van der Waals surface area (Å²) in [6.07, 6.45) is 4.13. The fourth-order valence-electron chi connectivity index (χ4n) is 3.62. The average Bonchev–Trinajstić information content (AvgIpc) is 2.74. The molecule has 102 valence electrons. The van der Waals surface area contributed by atoms with Crippen molar-refractivity contribution in [2.24, 2.45) is 17.8 Å². The molecule has 0 spiro atoms. The molecule has 18 heavy (non-hydrogen) atoms. The van der Waals surface area contributed by atoms with Gasteiger partial charge in [0.2, 0.25) is 0 Å². The van der Waals surface area contributed by atoms with E-state index in [4.69, 9.17) is 4.74 Å². The Balaban J connectivity index is 1.87. The van der Waals surface area contributed by atoms with Gasteiger partial charge in [-0.1, -0.05) is 6.58 Å². The minimum Gasteiger partial charge on any atom is -0.459 e. The van der Waals surface area contributed by atoms with E-state index in [1.54, 1.807) is 6.92 Å². The number of carbonyl (C=O) groups is 1. The fourth-order valence-corrected chi connectivity index (χ4v) is 3.62. The predicted molar refractivity (Wildman–Crippen MR) is 69.9 cm³/mol. The molecule has 0 aliphatic heterocycles. The topological polar surface area (TPSA) is 46.5 Å². The lowest BCUT2D eigenvalue weighted by atomic mass is 9.80. The smallest absolute Gasteiger partial charge is 0.333 e. The van der Waals surface area contributed by atoms with E-state index in [0.717, 1.165) is 25.7 Å². The molecule has 1 N–H and O–H groups in total. The molecule has 0 amide bonds. The number of esters is 1. The maximum atomic E-state index is 11.5. The Morgan fingerprint density at radius 3 is 2.44 bits per heavy atom. The quantitative estimate of drug-likeness (QED) is 0.618. The zero-order chi connectivity index (χ0) is 13.5. The molecule has 0 saturated heterocycles. The van der Waals surface area contributed by atoms with Crippen LogP contribution in [0.4, 0.5) is 0 Å². The third kappa shape index (κ3) is 2.94. The van der Waals surface area contributed by atoms with Crippen LogP contribution in [0.2, 0.25) is 0 Å². The number of aliphatic hydroxyl groups is 1. The van der Waals surface area contributed by atoms with Crippen LogP contribution in [0.3, 0.4) is 0 Å². The standard InChI is InChI=1S/C15H24O3/c1-9(2)14(16)18-13-7-10-5-11(13)6-12(10)8-15(3,4)17/h10-13,17H,1,5-8H2,2-4H3. The van der Waals surface area contributed by atoms with Crippen LogP contribution in [-0.2, 0) is 9.53 Å². The van der Waals surface area contributed by atoms with Crippen LogP contribution >= 0.6 is 0 Å². The normalized spacial score (nSPS) is 34.7. The SMILES string of the molecule is C=C(C)C(=O)OC1CC2CC1CC2CC(C)(C)O. The average molecular weight is 252 g/mol. The Morgan fingerprint density at radius 2 is 2.00 bits per heavy atom. The van der Waals surface area contributed by atoms with Crippen LogP contribution in [0.15, 0.2) is 12.2 Å². The summed E-state index contributed by atoms with van der Waals surface area (Å²) in [5.74, 6) is 1.44. The van der Waals surface area contributed by atoms with Crippen molar-refractivity contribution in [3.63, 3.8) is 0 Å². The van der Waals surface area contributed by atoms with Crippen molar-refractivity contribution in [1.82, 2.24) is 0 Å². The van der Waals surface area contributed by atoms with Gasteiger partial charge in [-0.25, -0.2) is 4.79 Å². The van der Waals surface area contributed by atoms with Crippen LogP contribution in [0, 0.1) is 17.8 Å². The van der Waals surface area contributed by atoms with Gasteiger partial charge in [0.15, 0.2) is 0 Å². The molecule has 2 aliphatic carbocycles. The van der Waals surface area contributed by atoms with E-state index in [1.165, 1.54) is 0 Å². The predicted octanol–water partition coefficient (Wildman–Crippen LogP) is 2.68. The molecule has 0 radical (unpaired) electrons. The van der Waals surface area contributed by atoms with Crippen LogP contribution in [-0.4, -0.2) is 22.8 Å². The molecule has 3 nitrogen and oxygen atoms in total. The van der Waals surface area contributed by atoms with Gasteiger partial charge in [-0.15, -0.1) is 0 Å². The van der Waals surface area contributed by atoms with Gasteiger partial charge in [-0.05, 0) is 64.2 Å². The number of ether oxygens (including phenoxy) is 1. The first-order valence-electron chi connectivity index (χ1n) is 6.85. The van der Waals surface area contributed by atoms with E-state index in [9.17, 15) is 9.90 Å². The van der Waals surface area contributed by atoms with Crippen LogP contribution in [0.25, 0.3) is 0 Å². The fraction of sp³-hybridized carbons (Fsp3) is 0.800. The Kier molecular flexibility index (Phi) is 3.54. The molecule has 4 atom stereocenters. The second kappa shape index (κ2) is 4.69. The molecule has 0 aromatic carbocycles. The summed E-state index contributed by atoms with van der Waals surface area (Å²) in [4.78, 5) is 11.5. The summed E-state index contributed by atoms with van der Waals surface area (Å²) in [7, 11) is 0. The van der Waals surface area contributed by atoms with Gasteiger partial charge in [0.05, 0.1) is 5.60 Å². The largest absolute Gasteiger partial charge is 0.459 e. The van der Waals surface area contributed by atoms with Crippen molar-refractivity contribution in [2.75, 3.05) is 0 Å². The highest BCUT2D eigenvalue weighted by Crippen LogP contribution is 2.52. The van der Waals surface area contributed by atoms with Gasteiger partial charge in [0.1, 0.15) is 6.10 Å². The molecule has 2 rings (SSSR count). The van der Waals surface area contributed by atoms with Gasteiger partial charge in [-0.3, -0.25) is 0 Å². The number of hydrogen-bond acceptors (Lipinski definition) is 3. The number of rotatable bonds is 4. The third-order valence-electron chi connectivity index (χ3n) is 4.31. The summed E-state index contributed by atoms with van der Waals surface area (Å²) in [6.45, 7) is 9.05. The van der Waals surface area contributed by atoms with Gasteiger partial charge in [0.25, 0.3) is 0 Å². The van der Waals surface area contributed by atoms with Gasteiger partial charge in [-0.2, -0.15) is 0 Å². The Hall–Kier alpha value is -0.830. The molecule has 2 aliphatic rings. The highest BCUT2D eigenvalue weighted by Gasteiger charge is 2.48. The molecule has 2 saturated carbocycles. The van der Waals surface area contributed by atoms with Crippen LogP contribution < -0.4 is 0 Å². The summed E-state index contributed by atoms with van der Waals surface area (Å²) >= 11 is 0. The molecule has 0 aromatic heterocycles. The van der Waals surface area contributed by atoms with Crippen molar-refractivity contribution in [1.29, 1.82) is 0 Å². The number of fused-ring (bicyclic) bond motifs is 2. The van der Waals surface area contributed by atoms with Crippen molar-refractivity contribution in [2.45, 2.75) is 58.2 Å². The maximum absolute atomic E-state index is 11.5. The van der Waals surface area contributed by atoms with E-state index < -0.39 is 5.60 Å². The summed E-state index contributed by atoms with van der Waals surface area (Å²) in [6, 6.07) is 0. The number of carbonyl (C=O) groups excluding carboxylic acids is 1. The maximum Gasteiger partial charge on any atom is 0.333 e. The summed E-state index contributed by atoms with van der Waals surface area (Å²) < 4.78 is 5.48. The van der Waals surface area contributed by atoms with Crippen molar-refractivity contribution < 1.29 is 14.6 Å². The number of hydrogen-bond donors (Lipinski definition) is 1. The molecule has 0 heterocycles. The van der Waals surface area contributed by atoms with Crippen molar-refractivity contribution >= 4 is 5.97 Å². The van der Waals surface area contributed by atoms with Gasteiger partial charge >= 0.3 is 5.97 Å². The first-order valence-corrected chi connectivity index (χ1v) is 6.85. The molecule has 2 fully saturated rings. The second-order valence-corrected chi connectivity index (χ2v) is 6.73. The lowest BCUT2D eigenvalue weighted by Crippen LogP contribution is -2.31.